The van der Waals surface area contributed by atoms with Crippen molar-refractivity contribution >= 4 is 29.1 Å². The third kappa shape index (κ3) is 6.74. The summed E-state index contributed by atoms with van der Waals surface area (Å²) < 4.78 is 5.70. The van der Waals surface area contributed by atoms with Gasteiger partial charge < -0.3 is 24.8 Å². The van der Waals surface area contributed by atoms with E-state index in [1.165, 1.54) is 10.5 Å². The molecule has 0 aromatic heterocycles. The topological polar surface area (TPSA) is 82.2 Å². The van der Waals surface area contributed by atoms with Gasteiger partial charge in [0.15, 0.2) is 6.61 Å². The number of hydrogen-bond donors (Lipinski definition) is 1. The molecule has 0 spiro atoms. The molecule has 3 rings (SSSR count). The lowest BCUT2D eigenvalue weighted by atomic mass is 9.87. The van der Waals surface area contributed by atoms with Gasteiger partial charge in [-0.1, -0.05) is 32.9 Å². The van der Waals surface area contributed by atoms with E-state index in [1.54, 1.807) is 38.1 Å². The Morgan fingerprint density at radius 2 is 1.60 bits per heavy atom. The molecule has 0 radical (unpaired) electrons. The summed E-state index contributed by atoms with van der Waals surface area (Å²) >= 11 is 0. The molecule has 1 N–H and O–H groups in total. The minimum absolute atomic E-state index is 0.0389. The maximum atomic E-state index is 12.8. The second-order valence-corrected chi connectivity index (χ2v) is 10.0. The van der Waals surface area contributed by atoms with Crippen LogP contribution in [0.3, 0.4) is 0 Å². The Morgan fingerprint density at radius 3 is 2.14 bits per heavy atom. The largest absolute Gasteiger partial charge is 0.484 e. The molecule has 0 saturated carbocycles. The van der Waals surface area contributed by atoms with Crippen LogP contribution in [0.25, 0.3) is 0 Å². The van der Waals surface area contributed by atoms with Gasteiger partial charge in [0, 0.05) is 52.8 Å². The molecule has 188 valence electrons. The van der Waals surface area contributed by atoms with Crippen molar-refractivity contribution in [3.63, 3.8) is 0 Å². The van der Waals surface area contributed by atoms with Crippen molar-refractivity contribution in [2.45, 2.75) is 33.1 Å². The predicted molar refractivity (Wildman–Crippen MR) is 138 cm³/mol. The summed E-state index contributed by atoms with van der Waals surface area (Å²) in [6.45, 7) is 10.3. The Hall–Kier alpha value is -3.55. The number of carbonyl (C=O) groups is 3. The Balaban J connectivity index is 1.74. The Morgan fingerprint density at radius 1 is 0.971 bits per heavy atom. The van der Waals surface area contributed by atoms with Gasteiger partial charge in [-0.15, -0.1) is 0 Å². The van der Waals surface area contributed by atoms with Crippen molar-refractivity contribution in [3.05, 3.63) is 53.6 Å². The zero-order valence-electron chi connectivity index (χ0n) is 21.6. The van der Waals surface area contributed by atoms with Crippen LogP contribution in [0.5, 0.6) is 5.75 Å². The average molecular weight is 481 g/mol. The maximum Gasteiger partial charge on any atom is 0.262 e. The van der Waals surface area contributed by atoms with Crippen LogP contribution in [0.15, 0.2) is 42.5 Å². The van der Waals surface area contributed by atoms with Crippen LogP contribution in [0.2, 0.25) is 0 Å². The van der Waals surface area contributed by atoms with Gasteiger partial charge in [0.1, 0.15) is 5.75 Å². The van der Waals surface area contributed by atoms with Gasteiger partial charge in [-0.25, -0.2) is 0 Å². The zero-order chi connectivity index (χ0) is 25.8. The smallest absolute Gasteiger partial charge is 0.262 e. The number of carbonyl (C=O) groups excluding carboxylic acids is 3. The van der Waals surface area contributed by atoms with Crippen molar-refractivity contribution in [1.29, 1.82) is 0 Å². The molecule has 2 aromatic carbocycles. The molecule has 8 heteroatoms. The molecular weight excluding hydrogens is 444 g/mol. The van der Waals surface area contributed by atoms with Gasteiger partial charge in [0.2, 0.25) is 5.91 Å². The lowest BCUT2D eigenvalue weighted by molar-refractivity contribution is -0.129. The molecule has 0 unspecified atom stereocenters. The monoisotopic (exact) mass is 480 g/mol. The van der Waals surface area contributed by atoms with Gasteiger partial charge in [0.25, 0.3) is 11.8 Å². The van der Waals surface area contributed by atoms with E-state index in [0.29, 0.717) is 43.2 Å². The van der Waals surface area contributed by atoms with Gasteiger partial charge in [0.05, 0.1) is 11.4 Å². The molecule has 2 aromatic rings. The van der Waals surface area contributed by atoms with Crippen LogP contribution in [0.1, 0.15) is 43.6 Å². The molecule has 1 saturated heterocycles. The summed E-state index contributed by atoms with van der Waals surface area (Å²) in [6, 6.07) is 13.0. The molecule has 0 aliphatic carbocycles. The van der Waals surface area contributed by atoms with E-state index >= 15 is 0 Å². The number of rotatable bonds is 6. The second-order valence-electron chi connectivity index (χ2n) is 10.0. The third-order valence-electron chi connectivity index (χ3n) is 6.08. The van der Waals surface area contributed by atoms with Gasteiger partial charge in [-0.05, 0) is 41.3 Å². The van der Waals surface area contributed by atoms with Crippen molar-refractivity contribution in [2.75, 3.05) is 57.1 Å². The number of anilines is 2. The molecule has 1 heterocycles. The fraction of sp³-hybridized carbons (Fsp3) is 0.444. The van der Waals surface area contributed by atoms with Crippen LogP contribution in [0, 0.1) is 0 Å². The maximum absolute atomic E-state index is 12.8. The normalized spacial score (nSPS) is 13.9. The first kappa shape index (κ1) is 26.1. The highest BCUT2D eigenvalue weighted by atomic mass is 16.5. The summed E-state index contributed by atoms with van der Waals surface area (Å²) in [5.74, 6) is 0.203. The molecule has 1 aliphatic rings. The Bertz CT molecular complexity index is 1070. The van der Waals surface area contributed by atoms with Crippen LogP contribution in [-0.2, 0) is 15.0 Å². The molecule has 1 fully saturated rings. The standard InChI is InChI=1S/C27H36N4O4/c1-19(32)30-13-15-31(16-14-30)24-12-7-20(26(34)29(5)6)17-23(24)28-25(33)18-35-22-10-8-21(9-11-22)27(2,3)4/h7-12,17H,13-16,18H2,1-6H3,(H,28,33). The molecule has 35 heavy (non-hydrogen) atoms. The number of hydrogen-bond acceptors (Lipinski definition) is 5. The number of piperazine rings is 1. The lowest BCUT2D eigenvalue weighted by Gasteiger charge is -2.36. The number of nitrogens with one attached hydrogen (secondary N) is 1. The number of benzene rings is 2. The van der Waals surface area contributed by atoms with E-state index in [2.05, 4.69) is 31.0 Å². The number of nitrogens with zero attached hydrogens (tertiary/aromatic N) is 3. The number of amides is 3. The fourth-order valence-corrected chi connectivity index (χ4v) is 3.95. The van der Waals surface area contributed by atoms with Crippen LogP contribution in [0.4, 0.5) is 11.4 Å². The fourth-order valence-electron chi connectivity index (χ4n) is 3.95. The molecular formula is C27H36N4O4. The summed E-state index contributed by atoms with van der Waals surface area (Å²) in [7, 11) is 3.38. The summed E-state index contributed by atoms with van der Waals surface area (Å²) in [4.78, 5) is 42.4. The second kappa shape index (κ2) is 10.8. The van der Waals surface area contributed by atoms with Gasteiger partial charge in [-0.3, -0.25) is 14.4 Å². The van der Waals surface area contributed by atoms with Crippen molar-refractivity contribution in [1.82, 2.24) is 9.80 Å². The Labute approximate surface area is 207 Å². The van der Waals surface area contributed by atoms with E-state index in [4.69, 9.17) is 4.74 Å². The minimum atomic E-state index is -0.317. The average Bonchev–Trinajstić information content (AvgIpc) is 2.82. The summed E-state index contributed by atoms with van der Waals surface area (Å²) in [5.41, 5.74) is 3.07. The highest BCUT2D eigenvalue weighted by Crippen LogP contribution is 2.29. The highest BCUT2D eigenvalue weighted by Gasteiger charge is 2.23. The lowest BCUT2D eigenvalue weighted by Crippen LogP contribution is -2.48. The SMILES string of the molecule is CC(=O)N1CCN(c2ccc(C(=O)N(C)C)cc2NC(=O)COc2ccc(C(C)(C)C)cc2)CC1. The van der Waals surface area contributed by atoms with Gasteiger partial charge in [-0.2, -0.15) is 0 Å². The number of ether oxygens (including phenoxy) is 1. The minimum Gasteiger partial charge on any atom is -0.484 e. The molecule has 0 bridgehead atoms. The molecule has 8 nitrogen and oxygen atoms in total. The molecule has 1 aliphatic heterocycles. The van der Waals surface area contributed by atoms with Crippen molar-refractivity contribution in [2.24, 2.45) is 0 Å². The van der Waals surface area contributed by atoms with E-state index in [1.807, 2.05) is 30.3 Å². The Kier molecular flexibility index (Phi) is 8.04. The van der Waals surface area contributed by atoms with Crippen molar-refractivity contribution in [3.8, 4) is 5.75 Å². The van der Waals surface area contributed by atoms with Crippen LogP contribution >= 0.6 is 0 Å². The highest BCUT2D eigenvalue weighted by molar-refractivity contribution is 6.00. The first-order valence-electron chi connectivity index (χ1n) is 11.8. The van der Waals surface area contributed by atoms with Gasteiger partial charge >= 0.3 is 0 Å². The predicted octanol–water partition coefficient (Wildman–Crippen LogP) is 3.37. The molecule has 0 atom stereocenters. The zero-order valence-corrected chi connectivity index (χ0v) is 21.6. The van der Waals surface area contributed by atoms with E-state index in [0.717, 1.165) is 5.69 Å². The van der Waals surface area contributed by atoms with Crippen LogP contribution in [-0.4, -0.2) is 74.4 Å². The third-order valence-corrected chi connectivity index (χ3v) is 6.08. The first-order chi connectivity index (χ1) is 16.5. The van der Waals surface area contributed by atoms with Crippen LogP contribution < -0.4 is 15.0 Å². The van der Waals surface area contributed by atoms with Crippen molar-refractivity contribution < 1.29 is 19.1 Å². The summed E-state index contributed by atoms with van der Waals surface area (Å²) in [6.07, 6.45) is 0. The van der Waals surface area contributed by atoms with E-state index in [9.17, 15) is 14.4 Å². The van der Waals surface area contributed by atoms with E-state index in [-0.39, 0.29) is 29.7 Å². The first-order valence-corrected chi connectivity index (χ1v) is 11.8. The molecule has 3 amide bonds. The van der Waals surface area contributed by atoms with E-state index < -0.39 is 0 Å². The quantitative estimate of drug-likeness (QED) is 0.686. The summed E-state index contributed by atoms with van der Waals surface area (Å²) in [5, 5.41) is 2.93.